The van der Waals surface area contributed by atoms with Crippen molar-refractivity contribution in [1.29, 1.82) is 0 Å². The third-order valence-electron chi connectivity index (χ3n) is 4.02. The Balaban J connectivity index is 1.63. The lowest BCUT2D eigenvalue weighted by Gasteiger charge is -2.25. The molecule has 0 bridgehead atoms. The molecular formula is C14H24N2O. The molecule has 0 unspecified atom stereocenters. The molecule has 2 aliphatic rings. The zero-order valence-corrected chi connectivity index (χ0v) is 10.6. The van der Waals surface area contributed by atoms with E-state index in [1.54, 1.807) is 0 Å². The number of carbonyl (C=O) groups excluding carboxylic acids is 1. The topological polar surface area (TPSA) is 55.1 Å². The number of amides is 1. The molecule has 0 aromatic carbocycles. The van der Waals surface area contributed by atoms with Crippen LogP contribution in [0.5, 0.6) is 0 Å². The van der Waals surface area contributed by atoms with Gasteiger partial charge >= 0.3 is 0 Å². The number of allylic oxidation sites excluding steroid dienone is 1. The predicted molar refractivity (Wildman–Crippen MR) is 69.5 cm³/mol. The van der Waals surface area contributed by atoms with Gasteiger partial charge in [0.2, 0.25) is 5.91 Å². The van der Waals surface area contributed by atoms with E-state index in [-0.39, 0.29) is 11.8 Å². The molecule has 0 heterocycles. The Morgan fingerprint density at radius 3 is 2.76 bits per heavy atom. The van der Waals surface area contributed by atoms with Gasteiger partial charge in [-0.15, -0.1) is 0 Å². The molecule has 3 N–H and O–H groups in total. The molecule has 3 heteroatoms. The van der Waals surface area contributed by atoms with E-state index < -0.39 is 0 Å². The first-order chi connectivity index (χ1) is 8.25. The minimum atomic E-state index is 0.215. The zero-order valence-electron chi connectivity index (χ0n) is 10.6. The summed E-state index contributed by atoms with van der Waals surface area (Å²) in [6.45, 7) is 0.813. The summed E-state index contributed by atoms with van der Waals surface area (Å²) in [4.78, 5) is 11.9. The number of rotatable bonds is 4. The van der Waals surface area contributed by atoms with E-state index in [0.29, 0.717) is 6.04 Å². The van der Waals surface area contributed by atoms with Crippen molar-refractivity contribution in [3.05, 3.63) is 11.6 Å². The van der Waals surface area contributed by atoms with Crippen molar-refractivity contribution in [3.8, 4) is 0 Å². The highest BCUT2D eigenvalue weighted by atomic mass is 16.1. The highest BCUT2D eigenvalue weighted by Gasteiger charge is 2.24. The molecule has 1 saturated carbocycles. The van der Waals surface area contributed by atoms with Gasteiger partial charge in [0.15, 0.2) is 0 Å². The average molecular weight is 236 g/mol. The number of carbonyl (C=O) groups is 1. The maximum absolute atomic E-state index is 11.9. The molecule has 1 fully saturated rings. The zero-order chi connectivity index (χ0) is 12.1. The molecule has 0 saturated heterocycles. The van der Waals surface area contributed by atoms with E-state index in [4.69, 9.17) is 5.73 Å². The van der Waals surface area contributed by atoms with E-state index in [1.165, 1.54) is 24.8 Å². The molecule has 2 rings (SSSR count). The molecule has 1 amide bonds. The summed E-state index contributed by atoms with van der Waals surface area (Å²) in [5, 5.41) is 3.07. The van der Waals surface area contributed by atoms with Crippen molar-refractivity contribution in [2.75, 3.05) is 6.54 Å². The molecular weight excluding hydrogens is 212 g/mol. The fourth-order valence-electron chi connectivity index (χ4n) is 2.84. The second kappa shape index (κ2) is 6.20. The van der Waals surface area contributed by atoms with Crippen LogP contribution in [0.2, 0.25) is 0 Å². The summed E-state index contributed by atoms with van der Waals surface area (Å²) >= 11 is 0. The van der Waals surface area contributed by atoms with E-state index in [9.17, 15) is 4.79 Å². The van der Waals surface area contributed by atoms with Crippen LogP contribution in [-0.2, 0) is 4.79 Å². The van der Waals surface area contributed by atoms with E-state index in [2.05, 4.69) is 11.4 Å². The highest BCUT2D eigenvalue weighted by Crippen LogP contribution is 2.23. The fourth-order valence-corrected chi connectivity index (χ4v) is 2.84. The maximum atomic E-state index is 11.9. The molecule has 0 spiro atoms. The summed E-state index contributed by atoms with van der Waals surface area (Å²) < 4.78 is 0. The molecule has 0 atom stereocenters. The van der Waals surface area contributed by atoms with Crippen LogP contribution >= 0.6 is 0 Å². The monoisotopic (exact) mass is 236 g/mol. The van der Waals surface area contributed by atoms with Gasteiger partial charge in [-0.05, 0) is 51.4 Å². The summed E-state index contributed by atoms with van der Waals surface area (Å²) in [5.41, 5.74) is 7.36. The average Bonchev–Trinajstić information content (AvgIpc) is 2.83. The quantitative estimate of drug-likeness (QED) is 0.735. The van der Waals surface area contributed by atoms with Crippen LogP contribution in [0, 0.1) is 5.92 Å². The van der Waals surface area contributed by atoms with Crippen LogP contribution in [0.1, 0.15) is 51.4 Å². The van der Waals surface area contributed by atoms with Gasteiger partial charge in [0.1, 0.15) is 0 Å². The van der Waals surface area contributed by atoms with Crippen molar-refractivity contribution in [3.63, 3.8) is 0 Å². The largest absolute Gasteiger partial charge is 0.356 e. The Morgan fingerprint density at radius 1 is 1.35 bits per heavy atom. The molecule has 96 valence electrons. The van der Waals surface area contributed by atoms with Crippen LogP contribution in [0.4, 0.5) is 0 Å². The van der Waals surface area contributed by atoms with Crippen LogP contribution < -0.4 is 11.1 Å². The van der Waals surface area contributed by atoms with Crippen molar-refractivity contribution >= 4 is 5.91 Å². The third-order valence-corrected chi connectivity index (χ3v) is 4.02. The summed E-state index contributed by atoms with van der Waals surface area (Å²) in [6, 6.07) is 0.322. The minimum absolute atomic E-state index is 0.215. The fraction of sp³-hybridized carbons (Fsp3) is 0.786. The first-order valence-electron chi connectivity index (χ1n) is 6.97. The second-order valence-electron chi connectivity index (χ2n) is 5.41. The minimum Gasteiger partial charge on any atom is -0.356 e. The number of hydrogen-bond acceptors (Lipinski definition) is 2. The van der Waals surface area contributed by atoms with E-state index in [0.717, 1.165) is 38.6 Å². The smallest absolute Gasteiger partial charge is 0.223 e. The molecule has 0 radical (unpaired) electrons. The van der Waals surface area contributed by atoms with Crippen molar-refractivity contribution in [2.45, 2.75) is 57.4 Å². The van der Waals surface area contributed by atoms with Crippen molar-refractivity contribution in [2.24, 2.45) is 11.7 Å². The van der Waals surface area contributed by atoms with Crippen LogP contribution in [0.15, 0.2) is 11.6 Å². The van der Waals surface area contributed by atoms with Gasteiger partial charge < -0.3 is 11.1 Å². The van der Waals surface area contributed by atoms with Gasteiger partial charge in [-0.25, -0.2) is 0 Å². The number of nitrogens with two attached hydrogens (primary N) is 1. The Morgan fingerprint density at radius 2 is 2.12 bits per heavy atom. The maximum Gasteiger partial charge on any atom is 0.223 e. The van der Waals surface area contributed by atoms with Gasteiger partial charge in [0.05, 0.1) is 0 Å². The molecule has 0 aliphatic heterocycles. The second-order valence-corrected chi connectivity index (χ2v) is 5.41. The van der Waals surface area contributed by atoms with Gasteiger partial charge in [0, 0.05) is 18.5 Å². The van der Waals surface area contributed by atoms with Crippen molar-refractivity contribution in [1.82, 2.24) is 5.32 Å². The third kappa shape index (κ3) is 3.84. The summed E-state index contributed by atoms with van der Waals surface area (Å²) in [5.74, 6) is 0.461. The molecule has 3 nitrogen and oxygen atoms in total. The predicted octanol–water partition coefficient (Wildman–Crippen LogP) is 2.12. The lowest BCUT2D eigenvalue weighted by atomic mass is 9.86. The van der Waals surface area contributed by atoms with Crippen LogP contribution in [-0.4, -0.2) is 18.5 Å². The SMILES string of the molecule is NC1CCC(C(=O)NCCC2=CCCC2)CC1. The lowest BCUT2D eigenvalue weighted by molar-refractivity contribution is -0.125. The molecule has 0 aromatic heterocycles. The summed E-state index contributed by atoms with van der Waals surface area (Å²) in [6.07, 6.45) is 11.1. The van der Waals surface area contributed by atoms with Crippen LogP contribution in [0.25, 0.3) is 0 Å². The van der Waals surface area contributed by atoms with E-state index in [1.807, 2.05) is 0 Å². The van der Waals surface area contributed by atoms with Gasteiger partial charge in [-0.2, -0.15) is 0 Å². The van der Waals surface area contributed by atoms with Crippen LogP contribution in [0.3, 0.4) is 0 Å². The Kier molecular flexibility index (Phi) is 4.60. The first kappa shape index (κ1) is 12.6. The number of nitrogens with one attached hydrogen (secondary N) is 1. The summed E-state index contributed by atoms with van der Waals surface area (Å²) in [7, 11) is 0. The Labute approximate surface area is 104 Å². The molecule has 2 aliphatic carbocycles. The highest BCUT2D eigenvalue weighted by molar-refractivity contribution is 5.78. The first-order valence-corrected chi connectivity index (χ1v) is 6.97. The molecule has 0 aromatic rings. The van der Waals surface area contributed by atoms with Gasteiger partial charge in [-0.3, -0.25) is 4.79 Å². The van der Waals surface area contributed by atoms with E-state index >= 15 is 0 Å². The Hall–Kier alpha value is -0.830. The lowest BCUT2D eigenvalue weighted by Crippen LogP contribution is -2.36. The normalized spacial score (nSPS) is 28.9. The van der Waals surface area contributed by atoms with Gasteiger partial charge in [0.25, 0.3) is 0 Å². The Bertz CT molecular complexity index is 291. The number of hydrogen-bond donors (Lipinski definition) is 2. The van der Waals surface area contributed by atoms with Gasteiger partial charge in [-0.1, -0.05) is 11.6 Å². The van der Waals surface area contributed by atoms with Crippen molar-refractivity contribution < 1.29 is 4.79 Å². The standard InChI is InChI=1S/C14H24N2O/c15-13-7-5-12(6-8-13)14(17)16-10-9-11-3-1-2-4-11/h3,12-13H,1-2,4-10,15H2,(H,16,17). The molecule has 17 heavy (non-hydrogen) atoms.